The molecule has 3 aromatic rings. The quantitative estimate of drug-likeness (QED) is 0.449. The summed E-state index contributed by atoms with van der Waals surface area (Å²) in [5.41, 5.74) is 1.88. The Morgan fingerprint density at radius 3 is 2.62 bits per heavy atom. The molecule has 0 aliphatic carbocycles. The first-order chi connectivity index (χ1) is 11.6. The lowest BCUT2D eigenvalue weighted by atomic mass is 10.2. The van der Waals surface area contributed by atoms with E-state index in [9.17, 15) is 0 Å². The van der Waals surface area contributed by atoms with Crippen LogP contribution in [0.25, 0.3) is 17.5 Å². The van der Waals surface area contributed by atoms with Crippen molar-refractivity contribution in [2.75, 3.05) is 0 Å². The summed E-state index contributed by atoms with van der Waals surface area (Å²) in [5.74, 6) is 0.605. The van der Waals surface area contributed by atoms with Crippen molar-refractivity contribution in [2.45, 2.75) is 0 Å². The molecule has 0 aliphatic heterocycles. The molecule has 24 heavy (non-hydrogen) atoms. The van der Waals surface area contributed by atoms with Gasteiger partial charge in [0.05, 0.1) is 11.2 Å². The smallest absolute Gasteiger partial charge is 0.216 e. The molecule has 0 atom stereocenters. The number of nitrogens with one attached hydrogen (secondary N) is 1. The molecule has 0 bridgehead atoms. The summed E-state index contributed by atoms with van der Waals surface area (Å²) >= 11 is 15.0. The Balaban J connectivity index is 1.94. The Bertz CT molecular complexity index is 960. The molecular formula is C17H12BrClN4S. The second kappa shape index (κ2) is 7.70. The van der Waals surface area contributed by atoms with E-state index in [1.807, 2.05) is 60.7 Å². The third kappa shape index (κ3) is 3.90. The number of halogens is 2. The number of rotatable bonds is 4. The number of benzene rings is 2. The van der Waals surface area contributed by atoms with E-state index in [1.54, 1.807) is 6.21 Å². The van der Waals surface area contributed by atoms with Gasteiger partial charge in [-0.25, -0.2) is 5.10 Å². The van der Waals surface area contributed by atoms with Gasteiger partial charge in [-0.15, -0.1) is 0 Å². The minimum Gasteiger partial charge on any atom is -0.250 e. The standard InChI is InChI=1S/C17H12BrClN4S/c18-15-9-5-4-8-14(15)16-21-22-17(24)23(16)20-11-13(19)10-12-6-2-1-3-7-12/h1-11H,(H,22,24)/b13-10-,20-11+. The molecule has 0 saturated carbocycles. The van der Waals surface area contributed by atoms with E-state index in [0.29, 0.717) is 15.6 Å². The van der Waals surface area contributed by atoms with Crippen LogP contribution in [-0.2, 0) is 0 Å². The molecule has 0 radical (unpaired) electrons. The third-order valence-corrected chi connectivity index (χ3v) is 4.33. The molecule has 2 aromatic carbocycles. The predicted molar refractivity (Wildman–Crippen MR) is 105 cm³/mol. The summed E-state index contributed by atoms with van der Waals surface area (Å²) in [5, 5.41) is 11.8. The number of aromatic nitrogens is 3. The topological polar surface area (TPSA) is 46.0 Å². The zero-order chi connectivity index (χ0) is 16.9. The van der Waals surface area contributed by atoms with Gasteiger partial charge in [0, 0.05) is 10.0 Å². The fourth-order valence-electron chi connectivity index (χ4n) is 2.07. The van der Waals surface area contributed by atoms with E-state index < -0.39 is 0 Å². The first kappa shape index (κ1) is 16.8. The second-order valence-corrected chi connectivity index (χ2v) is 6.51. The molecule has 4 nitrogen and oxygen atoms in total. The largest absolute Gasteiger partial charge is 0.250 e. The summed E-state index contributed by atoms with van der Waals surface area (Å²) in [7, 11) is 0. The number of aromatic amines is 1. The molecular weight excluding hydrogens is 408 g/mol. The van der Waals surface area contributed by atoms with E-state index in [4.69, 9.17) is 23.8 Å². The van der Waals surface area contributed by atoms with Gasteiger partial charge in [-0.3, -0.25) is 0 Å². The predicted octanol–water partition coefficient (Wildman–Crippen LogP) is 5.48. The van der Waals surface area contributed by atoms with Gasteiger partial charge >= 0.3 is 0 Å². The Hall–Kier alpha value is -2.02. The number of H-pyrrole nitrogens is 1. The summed E-state index contributed by atoms with van der Waals surface area (Å²) in [4.78, 5) is 0. The average Bonchev–Trinajstić information content (AvgIpc) is 2.95. The van der Waals surface area contributed by atoms with E-state index in [-0.39, 0.29) is 0 Å². The zero-order valence-corrected chi connectivity index (χ0v) is 15.5. The molecule has 120 valence electrons. The highest BCUT2D eigenvalue weighted by atomic mass is 79.9. The number of nitrogens with zero attached hydrogens (tertiary/aromatic N) is 3. The van der Waals surface area contributed by atoms with E-state index >= 15 is 0 Å². The van der Waals surface area contributed by atoms with E-state index in [2.05, 4.69) is 31.2 Å². The van der Waals surface area contributed by atoms with Crippen LogP contribution in [-0.4, -0.2) is 21.1 Å². The lowest BCUT2D eigenvalue weighted by molar-refractivity contribution is 0.871. The Labute approximate surface area is 157 Å². The summed E-state index contributed by atoms with van der Waals surface area (Å²) in [6, 6.07) is 17.5. The zero-order valence-electron chi connectivity index (χ0n) is 12.4. The van der Waals surface area contributed by atoms with Crippen molar-refractivity contribution in [1.82, 2.24) is 14.9 Å². The summed E-state index contributed by atoms with van der Waals surface area (Å²) in [6.45, 7) is 0. The molecule has 0 fully saturated rings. The van der Waals surface area contributed by atoms with Gasteiger partial charge in [0.2, 0.25) is 4.77 Å². The van der Waals surface area contributed by atoms with Crippen molar-refractivity contribution in [1.29, 1.82) is 0 Å². The molecule has 3 rings (SSSR count). The van der Waals surface area contributed by atoms with Crippen LogP contribution in [0.15, 0.2) is 69.2 Å². The average molecular weight is 420 g/mol. The van der Waals surface area contributed by atoms with Crippen LogP contribution in [0.5, 0.6) is 0 Å². The van der Waals surface area contributed by atoms with E-state index in [1.165, 1.54) is 4.68 Å². The van der Waals surface area contributed by atoms with Crippen LogP contribution in [0.1, 0.15) is 5.56 Å². The Kier molecular flexibility index (Phi) is 5.40. The fourth-order valence-corrected chi connectivity index (χ4v) is 2.89. The SMILES string of the molecule is S=c1[nH]nc(-c2ccccc2Br)n1/N=C/C(Cl)=C/c1ccccc1. The van der Waals surface area contributed by atoms with Crippen LogP contribution in [0, 0.1) is 4.77 Å². The van der Waals surface area contributed by atoms with Crippen molar-refractivity contribution >= 4 is 52.0 Å². The third-order valence-electron chi connectivity index (χ3n) is 3.17. The van der Waals surface area contributed by atoms with Crippen molar-refractivity contribution < 1.29 is 0 Å². The normalized spacial score (nSPS) is 12.0. The van der Waals surface area contributed by atoms with Gasteiger partial charge in [0.25, 0.3) is 0 Å². The van der Waals surface area contributed by atoms with Gasteiger partial charge in [0.15, 0.2) is 5.82 Å². The Morgan fingerprint density at radius 2 is 1.88 bits per heavy atom. The molecule has 0 amide bonds. The first-order valence-corrected chi connectivity index (χ1v) is 8.62. The lowest BCUT2D eigenvalue weighted by Crippen LogP contribution is -1.95. The van der Waals surface area contributed by atoms with Crippen LogP contribution < -0.4 is 0 Å². The monoisotopic (exact) mass is 418 g/mol. The number of hydrogen-bond acceptors (Lipinski definition) is 3. The van der Waals surface area contributed by atoms with Crippen molar-refractivity contribution in [2.24, 2.45) is 5.10 Å². The molecule has 0 unspecified atom stereocenters. The van der Waals surface area contributed by atoms with Crippen LogP contribution in [0.4, 0.5) is 0 Å². The van der Waals surface area contributed by atoms with Crippen molar-refractivity contribution in [3.63, 3.8) is 0 Å². The van der Waals surface area contributed by atoms with Crippen molar-refractivity contribution in [3.05, 3.63) is 74.4 Å². The highest BCUT2D eigenvalue weighted by Crippen LogP contribution is 2.26. The highest BCUT2D eigenvalue weighted by molar-refractivity contribution is 9.10. The minimum absolute atomic E-state index is 0.390. The van der Waals surface area contributed by atoms with Gasteiger partial charge < -0.3 is 0 Å². The van der Waals surface area contributed by atoms with Crippen LogP contribution in [0.2, 0.25) is 0 Å². The maximum Gasteiger partial charge on any atom is 0.216 e. The molecule has 1 N–H and O–H groups in total. The van der Waals surface area contributed by atoms with Gasteiger partial charge in [-0.2, -0.15) is 14.9 Å². The lowest BCUT2D eigenvalue weighted by Gasteiger charge is -2.03. The van der Waals surface area contributed by atoms with Crippen LogP contribution >= 0.6 is 39.7 Å². The van der Waals surface area contributed by atoms with Gasteiger partial charge in [0.1, 0.15) is 0 Å². The highest BCUT2D eigenvalue weighted by Gasteiger charge is 2.10. The summed E-state index contributed by atoms with van der Waals surface area (Å²) < 4.78 is 2.83. The van der Waals surface area contributed by atoms with Gasteiger partial charge in [-0.05, 0) is 36.0 Å². The molecule has 0 saturated heterocycles. The van der Waals surface area contributed by atoms with Crippen LogP contribution in [0.3, 0.4) is 0 Å². The second-order valence-electron chi connectivity index (χ2n) is 4.83. The molecule has 0 aliphatic rings. The summed E-state index contributed by atoms with van der Waals surface area (Å²) in [6.07, 6.45) is 3.37. The molecule has 1 aromatic heterocycles. The Morgan fingerprint density at radius 1 is 1.17 bits per heavy atom. The maximum atomic E-state index is 6.24. The molecule has 7 heteroatoms. The first-order valence-electron chi connectivity index (χ1n) is 7.04. The van der Waals surface area contributed by atoms with E-state index in [0.717, 1.165) is 15.6 Å². The minimum atomic E-state index is 0.390. The van der Waals surface area contributed by atoms with Crippen molar-refractivity contribution in [3.8, 4) is 11.4 Å². The maximum absolute atomic E-state index is 6.24. The van der Waals surface area contributed by atoms with Gasteiger partial charge in [-0.1, -0.05) is 70.0 Å². The molecule has 0 spiro atoms. The number of hydrogen-bond donors (Lipinski definition) is 1. The molecule has 1 heterocycles. The fraction of sp³-hybridized carbons (Fsp3) is 0. The number of allylic oxidation sites excluding steroid dienone is 1.